The van der Waals surface area contributed by atoms with Crippen molar-refractivity contribution >= 4 is 34.7 Å². The van der Waals surface area contributed by atoms with E-state index in [0.29, 0.717) is 35.5 Å². The number of ketones is 1. The van der Waals surface area contributed by atoms with Gasteiger partial charge in [-0.1, -0.05) is 48.0 Å². The molecule has 7 rings (SSSR count). The van der Waals surface area contributed by atoms with Crippen LogP contribution in [0.2, 0.25) is 0 Å². The predicted molar refractivity (Wildman–Crippen MR) is 139 cm³/mol. The van der Waals surface area contributed by atoms with Crippen LogP contribution < -0.4 is 10.6 Å². The molecule has 2 spiro atoms. The van der Waals surface area contributed by atoms with Crippen molar-refractivity contribution in [2.75, 3.05) is 17.2 Å². The van der Waals surface area contributed by atoms with Crippen LogP contribution in [0, 0.1) is 23.0 Å². The van der Waals surface area contributed by atoms with E-state index in [1.807, 2.05) is 49.4 Å². The van der Waals surface area contributed by atoms with E-state index in [0.717, 1.165) is 12.0 Å². The minimum Gasteiger partial charge on any atom is -0.325 e. The summed E-state index contributed by atoms with van der Waals surface area (Å²) in [6, 6.07) is 18.2. The summed E-state index contributed by atoms with van der Waals surface area (Å²) >= 11 is 0. The number of carbonyl (C=O) groups is 3. The lowest BCUT2D eigenvalue weighted by Crippen LogP contribution is -2.55. The van der Waals surface area contributed by atoms with Crippen molar-refractivity contribution in [3.63, 3.8) is 0 Å². The zero-order chi connectivity index (χ0) is 26.4. The fourth-order valence-electron chi connectivity index (χ4n) is 7.60. The largest absolute Gasteiger partial charge is 0.325 e. The van der Waals surface area contributed by atoms with Crippen molar-refractivity contribution in [1.29, 1.82) is 0 Å². The van der Waals surface area contributed by atoms with Gasteiger partial charge in [-0.3, -0.25) is 29.4 Å². The average molecular weight is 509 g/mol. The number of nitrogens with zero attached hydrogens (tertiary/aromatic N) is 2. The maximum absolute atomic E-state index is 14.8. The Morgan fingerprint density at radius 2 is 1.74 bits per heavy atom. The van der Waals surface area contributed by atoms with E-state index in [9.17, 15) is 24.5 Å². The fourth-order valence-corrected chi connectivity index (χ4v) is 7.60. The Balaban J connectivity index is 1.58. The van der Waals surface area contributed by atoms with Crippen LogP contribution in [0.4, 0.5) is 17.1 Å². The van der Waals surface area contributed by atoms with Crippen molar-refractivity contribution in [2.24, 2.45) is 5.92 Å². The van der Waals surface area contributed by atoms with Gasteiger partial charge in [-0.25, -0.2) is 0 Å². The second kappa shape index (κ2) is 7.58. The number of nitro groups is 1. The maximum Gasteiger partial charge on any atom is 0.270 e. The van der Waals surface area contributed by atoms with Crippen LogP contribution in [0.5, 0.6) is 0 Å². The summed E-state index contributed by atoms with van der Waals surface area (Å²) in [4.78, 5) is 56.3. The van der Waals surface area contributed by atoms with Crippen LogP contribution in [0.3, 0.4) is 0 Å². The van der Waals surface area contributed by atoms with Crippen LogP contribution in [0.1, 0.15) is 39.9 Å². The second-order valence-corrected chi connectivity index (χ2v) is 10.6. The maximum atomic E-state index is 14.8. The van der Waals surface area contributed by atoms with Gasteiger partial charge in [-0.15, -0.1) is 0 Å². The molecule has 0 aliphatic carbocycles. The highest BCUT2D eigenvalue weighted by atomic mass is 16.6. The number of rotatable bonds is 3. The Morgan fingerprint density at radius 1 is 0.974 bits per heavy atom. The molecule has 3 aromatic rings. The molecule has 2 amide bonds. The molecule has 2 saturated heterocycles. The molecule has 0 saturated carbocycles. The van der Waals surface area contributed by atoms with Gasteiger partial charge in [0.2, 0.25) is 11.8 Å². The van der Waals surface area contributed by atoms with Gasteiger partial charge in [-0.05, 0) is 44.0 Å². The lowest BCUT2D eigenvalue weighted by atomic mass is 9.60. The van der Waals surface area contributed by atoms with Gasteiger partial charge in [0, 0.05) is 40.7 Å². The smallest absolute Gasteiger partial charge is 0.270 e. The SMILES string of the molecule is Cc1ccc2c(c1)[C@]1(C(=O)N2)[C@H](C(=O)c2cccc([N+](=O)[O-])c2)[C@]2(C(=O)Nc3ccccc32)[C@H]2CCCN21. The van der Waals surface area contributed by atoms with Gasteiger partial charge in [0.25, 0.3) is 5.69 Å². The van der Waals surface area contributed by atoms with E-state index < -0.39 is 33.6 Å². The van der Waals surface area contributed by atoms with Gasteiger partial charge < -0.3 is 10.6 Å². The molecular formula is C29H24N4O5. The van der Waals surface area contributed by atoms with E-state index in [2.05, 4.69) is 15.5 Å². The van der Waals surface area contributed by atoms with Crippen molar-refractivity contribution in [3.05, 3.63) is 99.1 Å². The second-order valence-electron chi connectivity index (χ2n) is 10.6. The summed E-state index contributed by atoms with van der Waals surface area (Å²) in [5, 5.41) is 17.6. The summed E-state index contributed by atoms with van der Waals surface area (Å²) in [5.74, 6) is -2.26. The number of hydrogen-bond donors (Lipinski definition) is 2. The summed E-state index contributed by atoms with van der Waals surface area (Å²) in [6.07, 6.45) is 1.41. The highest BCUT2D eigenvalue weighted by molar-refractivity contribution is 6.18. The van der Waals surface area contributed by atoms with Crippen molar-refractivity contribution in [1.82, 2.24) is 4.90 Å². The molecule has 9 heteroatoms. The van der Waals surface area contributed by atoms with Crippen LogP contribution in [-0.4, -0.2) is 40.0 Å². The number of amides is 2. The number of Topliss-reactive ketones (excluding diaryl/α,β-unsaturated/α-hetero) is 1. The number of hydrogen-bond acceptors (Lipinski definition) is 6. The molecule has 38 heavy (non-hydrogen) atoms. The summed E-state index contributed by atoms with van der Waals surface area (Å²) in [5.41, 5.74) is 0.623. The van der Waals surface area contributed by atoms with Gasteiger partial charge in [-0.2, -0.15) is 0 Å². The molecule has 4 heterocycles. The predicted octanol–water partition coefficient (Wildman–Crippen LogP) is 3.92. The summed E-state index contributed by atoms with van der Waals surface area (Å²) in [7, 11) is 0. The Bertz CT molecular complexity index is 1600. The molecule has 3 aromatic carbocycles. The van der Waals surface area contributed by atoms with E-state index >= 15 is 0 Å². The minimum absolute atomic E-state index is 0.107. The molecule has 4 aliphatic heterocycles. The van der Waals surface area contributed by atoms with E-state index in [1.54, 1.807) is 0 Å². The van der Waals surface area contributed by atoms with Crippen molar-refractivity contribution in [3.8, 4) is 0 Å². The normalized spacial score (nSPS) is 28.8. The molecule has 4 aliphatic rings. The zero-order valence-electron chi connectivity index (χ0n) is 20.6. The van der Waals surface area contributed by atoms with Crippen LogP contribution >= 0.6 is 0 Å². The number of benzene rings is 3. The third-order valence-electron chi connectivity index (χ3n) is 8.88. The third-order valence-corrected chi connectivity index (χ3v) is 8.88. The summed E-state index contributed by atoms with van der Waals surface area (Å²) in [6.45, 7) is 2.47. The van der Waals surface area contributed by atoms with Gasteiger partial charge in [0.05, 0.1) is 10.8 Å². The number of nitrogens with one attached hydrogen (secondary N) is 2. The van der Waals surface area contributed by atoms with Crippen LogP contribution in [0.25, 0.3) is 0 Å². The van der Waals surface area contributed by atoms with Gasteiger partial charge >= 0.3 is 0 Å². The first-order chi connectivity index (χ1) is 18.3. The Kier molecular flexibility index (Phi) is 4.55. The Morgan fingerprint density at radius 3 is 2.55 bits per heavy atom. The molecule has 0 radical (unpaired) electrons. The molecule has 0 aromatic heterocycles. The summed E-state index contributed by atoms with van der Waals surface area (Å²) < 4.78 is 0. The molecular weight excluding hydrogens is 484 g/mol. The number of anilines is 2. The average Bonchev–Trinajstić information content (AvgIpc) is 3.63. The number of non-ortho nitro benzene ring substituents is 1. The van der Waals surface area contributed by atoms with E-state index in [-0.39, 0.29) is 23.1 Å². The number of nitro benzene ring substituents is 1. The fraction of sp³-hybridized carbons (Fsp3) is 0.276. The molecule has 0 bridgehead atoms. The number of fused-ring (bicyclic) bond motifs is 7. The lowest BCUT2D eigenvalue weighted by molar-refractivity contribution is -0.384. The molecule has 0 unspecified atom stereocenters. The number of aryl methyl sites for hydroxylation is 1. The first-order valence-corrected chi connectivity index (χ1v) is 12.7. The Labute approximate surface area is 218 Å². The molecule has 9 nitrogen and oxygen atoms in total. The van der Waals surface area contributed by atoms with Crippen molar-refractivity contribution < 1.29 is 19.3 Å². The first-order valence-electron chi connectivity index (χ1n) is 12.7. The Hall–Kier alpha value is -4.37. The first kappa shape index (κ1) is 22.8. The molecule has 2 N–H and O–H groups in total. The lowest BCUT2D eigenvalue weighted by Gasteiger charge is -2.38. The van der Waals surface area contributed by atoms with Crippen LogP contribution in [-0.2, 0) is 20.5 Å². The quantitative estimate of drug-likeness (QED) is 0.314. The van der Waals surface area contributed by atoms with Crippen LogP contribution in [0.15, 0.2) is 66.7 Å². The minimum atomic E-state index is -1.45. The highest BCUT2D eigenvalue weighted by Crippen LogP contribution is 2.66. The zero-order valence-corrected chi connectivity index (χ0v) is 20.6. The molecule has 190 valence electrons. The van der Waals surface area contributed by atoms with Gasteiger partial charge in [0.15, 0.2) is 5.78 Å². The van der Waals surface area contributed by atoms with E-state index in [4.69, 9.17) is 0 Å². The number of carbonyl (C=O) groups excluding carboxylic acids is 3. The third kappa shape index (κ3) is 2.56. The molecule has 4 atom stereocenters. The van der Waals surface area contributed by atoms with Crippen molar-refractivity contribution in [2.45, 2.75) is 36.8 Å². The van der Waals surface area contributed by atoms with Gasteiger partial charge in [0.1, 0.15) is 11.0 Å². The topological polar surface area (TPSA) is 122 Å². The molecule has 2 fully saturated rings. The number of para-hydroxylation sites is 1. The standard InChI is InChI=1S/C29H24N4O5/c1-16-11-12-22-20(14-16)29(27(36)31-22)25(24(34)17-6-4-7-18(15-17)33(37)38)28(23-10-5-13-32(23)29)19-8-2-3-9-21(19)30-26(28)35/h2-4,6-9,11-12,14-15,23,25H,5,10,13H2,1H3,(H,30,35)(H,31,36)/t23-,25-,28-,29-/m1/s1. The highest BCUT2D eigenvalue weighted by Gasteiger charge is 2.78. The van der Waals surface area contributed by atoms with E-state index in [1.165, 1.54) is 24.3 Å². The monoisotopic (exact) mass is 508 g/mol.